The van der Waals surface area contributed by atoms with Gasteiger partial charge in [0.2, 0.25) is 10.0 Å². The number of carbonyl (C=O) groups excluding carboxylic acids is 1. The number of anilines is 1. The molecule has 9 heteroatoms. The lowest BCUT2D eigenvalue weighted by Gasteiger charge is -2.34. The fraction of sp³-hybridized carbons (Fsp3) is 0.381. The van der Waals surface area contributed by atoms with Crippen LogP contribution >= 0.6 is 0 Å². The van der Waals surface area contributed by atoms with Crippen LogP contribution in [0.1, 0.15) is 11.1 Å². The van der Waals surface area contributed by atoms with Gasteiger partial charge < -0.3 is 19.7 Å². The van der Waals surface area contributed by atoms with Gasteiger partial charge in [0.25, 0.3) is 0 Å². The fourth-order valence-corrected chi connectivity index (χ4v) is 4.76. The van der Waals surface area contributed by atoms with E-state index in [0.717, 1.165) is 11.1 Å². The first-order valence-corrected chi connectivity index (χ1v) is 11.1. The molecule has 1 N–H and O–H groups in total. The summed E-state index contributed by atoms with van der Waals surface area (Å²) in [5, 5.41) is 2.82. The van der Waals surface area contributed by atoms with Crippen LogP contribution in [0.15, 0.2) is 41.3 Å². The minimum absolute atomic E-state index is 0.239. The van der Waals surface area contributed by atoms with Gasteiger partial charge in [-0.1, -0.05) is 6.07 Å². The van der Waals surface area contributed by atoms with Crippen molar-refractivity contribution in [3.8, 4) is 11.5 Å². The smallest absolute Gasteiger partial charge is 0.322 e. The molecule has 1 heterocycles. The highest BCUT2D eigenvalue weighted by atomic mass is 32.2. The predicted octanol–water partition coefficient (Wildman–Crippen LogP) is 2.86. The van der Waals surface area contributed by atoms with Gasteiger partial charge in [-0.25, -0.2) is 13.2 Å². The van der Waals surface area contributed by atoms with E-state index in [1.165, 1.54) is 11.4 Å². The highest BCUT2D eigenvalue weighted by Gasteiger charge is 2.30. The number of sulfonamides is 1. The Hall–Kier alpha value is -2.78. The number of aryl methyl sites for hydroxylation is 2. The summed E-state index contributed by atoms with van der Waals surface area (Å²) < 4.78 is 37.8. The molecule has 3 rings (SSSR count). The number of methoxy groups -OCH3 is 2. The molecule has 1 aliphatic heterocycles. The summed E-state index contributed by atoms with van der Waals surface area (Å²) >= 11 is 0. The summed E-state index contributed by atoms with van der Waals surface area (Å²) in [6.45, 7) is 4.92. The van der Waals surface area contributed by atoms with E-state index < -0.39 is 10.0 Å². The summed E-state index contributed by atoms with van der Waals surface area (Å²) in [7, 11) is -0.518. The van der Waals surface area contributed by atoms with Crippen molar-refractivity contribution < 1.29 is 22.7 Å². The number of hydrogen-bond acceptors (Lipinski definition) is 5. The van der Waals surface area contributed by atoms with Gasteiger partial charge in [0.1, 0.15) is 11.5 Å². The standard InChI is InChI=1S/C21H27N3O5S/c1-15-5-7-18(13-16(15)2)30(26,27)24-11-9-23(10-12-24)21(25)22-19-8-6-17(28-3)14-20(19)29-4/h5-8,13-14H,9-12H2,1-4H3,(H,22,25). The third kappa shape index (κ3) is 4.52. The number of amides is 2. The maximum absolute atomic E-state index is 12.9. The van der Waals surface area contributed by atoms with E-state index in [0.29, 0.717) is 30.3 Å². The van der Waals surface area contributed by atoms with Crippen LogP contribution in [-0.2, 0) is 10.0 Å². The van der Waals surface area contributed by atoms with Gasteiger partial charge in [0, 0.05) is 32.2 Å². The second kappa shape index (κ2) is 8.93. The Kier molecular flexibility index (Phi) is 6.52. The Balaban J connectivity index is 1.65. The molecule has 1 saturated heterocycles. The Morgan fingerprint density at radius 3 is 2.23 bits per heavy atom. The largest absolute Gasteiger partial charge is 0.497 e. The van der Waals surface area contributed by atoms with E-state index in [9.17, 15) is 13.2 Å². The van der Waals surface area contributed by atoms with Gasteiger partial charge in [-0.15, -0.1) is 0 Å². The summed E-state index contributed by atoms with van der Waals surface area (Å²) in [5.41, 5.74) is 2.50. The first-order chi connectivity index (χ1) is 14.3. The molecule has 0 aromatic heterocycles. The molecule has 2 amide bonds. The van der Waals surface area contributed by atoms with Gasteiger partial charge >= 0.3 is 6.03 Å². The molecule has 0 radical (unpaired) electrons. The molecule has 0 atom stereocenters. The zero-order valence-electron chi connectivity index (χ0n) is 17.6. The van der Waals surface area contributed by atoms with Crippen molar-refractivity contribution in [2.24, 2.45) is 0 Å². The minimum Gasteiger partial charge on any atom is -0.497 e. The van der Waals surface area contributed by atoms with Crippen LogP contribution in [-0.4, -0.2) is 64.1 Å². The maximum Gasteiger partial charge on any atom is 0.322 e. The van der Waals surface area contributed by atoms with E-state index in [1.807, 2.05) is 19.9 Å². The Bertz CT molecular complexity index is 1030. The van der Waals surface area contributed by atoms with E-state index in [-0.39, 0.29) is 24.0 Å². The van der Waals surface area contributed by atoms with E-state index >= 15 is 0 Å². The normalized spacial score (nSPS) is 15.0. The molecule has 0 unspecified atom stereocenters. The number of urea groups is 1. The second-order valence-corrected chi connectivity index (χ2v) is 9.07. The number of nitrogens with zero attached hydrogens (tertiary/aromatic N) is 2. The van der Waals surface area contributed by atoms with E-state index in [4.69, 9.17) is 9.47 Å². The third-order valence-corrected chi connectivity index (χ3v) is 7.19. The molecule has 0 spiro atoms. The minimum atomic E-state index is -3.59. The van der Waals surface area contributed by atoms with Crippen molar-refractivity contribution in [1.82, 2.24) is 9.21 Å². The van der Waals surface area contributed by atoms with Crippen molar-refractivity contribution in [1.29, 1.82) is 0 Å². The molecule has 1 fully saturated rings. The van der Waals surface area contributed by atoms with Crippen LogP contribution in [0.2, 0.25) is 0 Å². The lowest BCUT2D eigenvalue weighted by molar-refractivity contribution is 0.184. The molecule has 2 aromatic carbocycles. The monoisotopic (exact) mass is 433 g/mol. The van der Waals surface area contributed by atoms with Crippen molar-refractivity contribution in [2.75, 3.05) is 45.7 Å². The molecule has 0 aliphatic carbocycles. The molecule has 30 heavy (non-hydrogen) atoms. The SMILES string of the molecule is COc1ccc(NC(=O)N2CCN(S(=O)(=O)c3ccc(C)c(C)c3)CC2)c(OC)c1. The summed E-state index contributed by atoms with van der Waals surface area (Å²) in [4.78, 5) is 14.5. The summed E-state index contributed by atoms with van der Waals surface area (Å²) in [6.07, 6.45) is 0. The van der Waals surface area contributed by atoms with Crippen LogP contribution in [0.25, 0.3) is 0 Å². The number of hydrogen-bond donors (Lipinski definition) is 1. The van der Waals surface area contributed by atoms with Crippen LogP contribution in [0.3, 0.4) is 0 Å². The summed E-state index contributed by atoms with van der Waals surface area (Å²) in [6, 6.07) is 9.95. The number of rotatable bonds is 5. The lowest BCUT2D eigenvalue weighted by atomic mass is 10.1. The fourth-order valence-electron chi connectivity index (χ4n) is 3.25. The average Bonchev–Trinajstić information content (AvgIpc) is 2.75. The maximum atomic E-state index is 12.9. The summed E-state index contributed by atoms with van der Waals surface area (Å²) in [5.74, 6) is 1.11. The van der Waals surface area contributed by atoms with Gasteiger partial charge in [0.05, 0.1) is 24.8 Å². The Labute approximate surface area is 177 Å². The zero-order chi connectivity index (χ0) is 21.9. The highest BCUT2D eigenvalue weighted by Crippen LogP contribution is 2.29. The second-order valence-electron chi connectivity index (χ2n) is 7.13. The number of nitrogens with one attached hydrogen (secondary N) is 1. The van der Waals surface area contributed by atoms with Crippen molar-refractivity contribution in [3.05, 3.63) is 47.5 Å². The molecule has 2 aromatic rings. The number of carbonyl (C=O) groups is 1. The molecule has 1 aliphatic rings. The molecule has 0 bridgehead atoms. The lowest BCUT2D eigenvalue weighted by Crippen LogP contribution is -2.51. The Morgan fingerprint density at radius 1 is 0.933 bits per heavy atom. The quantitative estimate of drug-likeness (QED) is 0.783. The van der Waals surface area contributed by atoms with Crippen LogP contribution in [0, 0.1) is 13.8 Å². The third-order valence-electron chi connectivity index (χ3n) is 5.29. The van der Waals surface area contributed by atoms with Gasteiger partial charge in [-0.05, 0) is 49.2 Å². The van der Waals surface area contributed by atoms with Crippen LogP contribution < -0.4 is 14.8 Å². The number of piperazine rings is 1. The van der Waals surface area contributed by atoms with Crippen molar-refractivity contribution >= 4 is 21.7 Å². The van der Waals surface area contributed by atoms with E-state index in [1.54, 1.807) is 42.3 Å². The molecule has 8 nitrogen and oxygen atoms in total. The first-order valence-electron chi connectivity index (χ1n) is 9.61. The van der Waals surface area contributed by atoms with Gasteiger partial charge in [-0.3, -0.25) is 0 Å². The first kappa shape index (κ1) is 21.9. The van der Waals surface area contributed by atoms with Crippen LogP contribution in [0.4, 0.5) is 10.5 Å². The van der Waals surface area contributed by atoms with Crippen molar-refractivity contribution in [3.63, 3.8) is 0 Å². The van der Waals surface area contributed by atoms with Crippen molar-refractivity contribution in [2.45, 2.75) is 18.7 Å². The van der Waals surface area contributed by atoms with E-state index in [2.05, 4.69) is 5.32 Å². The predicted molar refractivity (Wildman–Crippen MR) is 115 cm³/mol. The molecule has 0 saturated carbocycles. The Morgan fingerprint density at radius 2 is 1.63 bits per heavy atom. The highest BCUT2D eigenvalue weighted by molar-refractivity contribution is 7.89. The van der Waals surface area contributed by atoms with Crippen LogP contribution in [0.5, 0.6) is 11.5 Å². The number of benzene rings is 2. The topological polar surface area (TPSA) is 88.2 Å². The molecular formula is C21H27N3O5S. The zero-order valence-corrected chi connectivity index (χ0v) is 18.5. The average molecular weight is 434 g/mol. The number of ether oxygens (including phenoxy) is 2. The van der Waals surface area contributed by atoms with Gasteiger partial charge in [0.15, 0.2) is 0 Å². The molecule has 162 valence electrons. The molecular weight excluding hydrogens is 406 g/mol. The van der Waals surface area contributed by atoms with Gasteiger partial charge in [-0.2, -0.15) is 4.31 Å².